The Kier molecular flexibility index (Phi) is 4.42. The first-order valence-electron chi connectivity index (χ1n) is 5.13. The van der Waals surface area contributed by atoms with Crippen LogP contribution in [0.15, 0.2) is 35.0 Å². The van der Waals surface area contributed by atoms with Gasteiger partial charge in [0, 0.05) is 10.0 Å². The van der Waals surface area contributed by atoms with Gasteiger partial charge >= 0.3 is 0 Å². The second kappa shape index (κ2) is 5.85. The van der Waals surface area contributed by atoms with E-state index in [1.807, 2.05) is 11.4 Å². The first-order valence-corrected chi connectivity index (χ1v) is 6.82. The first-order chi connectivity index (χ1) is 8.20. The van der Waals surface area contributed by atoms with Crippen LogP contribution in [0.3, 0.4) is 0 Å². The standard InChI is InChI=1S/C12H12Cl2N2S/c13-9-1-2-11(14)10(6-9)12(16-15)5-8-3-4-17-7-8/h1-4,6-7,12,16H,5,15H2. The average molecular weight is 287 g/mol. The Hall–Kier alpha value is -0.580. The van der Waals surface area contributed by atoms with E-state index in [0.717, 1.165) is 12.0 Å². The average Bonchev–Trinajstić information content (AvgIpc) is 2.82. The van der Waals surface area contributed by atoms with E-state index in [1.165, 1.54) is 5.56 Å². The molecule has 0 aliphatic rings. The molecule has 17 heavy (non-hydrogen) atoms. The molecule has 5 heteroatoms. The van der Waals surface area contributed by atoms with Crippen molar-refractivity contribution in [2.45, 2.75) is 12.5 Å². The van der Waals surface area contributed by atoms with Gasteiger partial charge in [0.15, 0.2) is 0 Å². The summed E-state index contributed by atoms with van der Waals surface area (Å²) in [6.45, 7) is 0. The second-order valence-electron chi connectivity index (χ2n) is 3.72. The SMILES string of the molecule is NNC(Cc1ccsc1)c1cc(Cl)ccc1Cl. The van der Waals surface area contributed by atoms with Crippen molar-refractivity contribution < 1.29 is 0 Å². The van der Waals surface area contributed by atoms with Gasteiger partial charge in [-0.3, -0.25) is 11.3 Å². The molecule has 90 valence electrons. The Morgan fingerprint density at radius 2 is 2.12 bits per heavy atom. The number of rotatable bonds is 4. The molecule has 1 atom stereocenters. The monoisotopic (exact) mass is 286 g/mol. The highest BCUT2D eigenvalue weighted by Crippen LogP contribution is 2.28. The Morgan fingerprint density at radius 1 is 1.29 bits per heavy atom. The molecule has 0 saturated carbocycles. The topological polar surface area (TPSA) is 38.0 Å². The second-order valence-corrected chi connectivity index (χ2v) is 5.34. The Morgan fingerprint density at radius 3 is 2.76 bits per heavy atom. The van der Waals surface area contributed by atoms with E-state index >= 15 is 0 Å². The van der Waals surface area contributed by atoms with Crippen LogP contribution in [0.4, 0.5) is 0 Å². The number of hydrogen-bond acceptors (Lipinski definition) is 3. The first kappa shape index (κ1) is 12.9. The van der Waals surface area contributed by atoms with Gasteiger partial charge in [0.05, 0.1) is 6.04 Å². The highest BCUT2D eigenvalue weighted by Gasteiger charge is 2.14. The van der Waals surface area contributed by atoms with Crippen molar-refractivity contribution >= 4 is 34.5 Å². The zero-order valence-corrected chi connectivity index (χ0v) is 11.3. The van der Waals surface area contributed by atoms with E-state index in [2.05, 4.69) is 16.9 Å². The van der Waals surface area contributed by atoms with E-state index in [1.54, 1.807) is 23.5 Å². The van der Waals surface area contributed by atoms with E-state index in [0.29, 0.717) is 10.0 Å². The van der Waals surface area contributed by atoms with Crippen molar-refractivity contribution in [1.29, 1.82) is 0 Å². The van der Waals surface area contributed by atoms with Crippen molar-refractivity contribution in [3.63, 3.8) is 0 Å². The minimum atomic E-state index is -0.0317. The number of hydrazine groups is 1. The molecular weight excluding hydrogens is 275 g/mol. The predicted octanol–water partition coefficient (Wildman–Crippen LogP) is 3.80. The summed E-state index contributed by atoms with van der Waals surface area (Å²) >= 11 is 13.8. The van der Waals surface area contributed by atoms with Crippen LogP contribution in [0.25, 0.3) is 0 Å². The zero-order valence-electron chi connectivity index (χ0n) is 8.99. The quantitative estimate of drug-likeness (QED) is 0.663. The summed E-state index contributed by atoms with van der Waals surface area (Å²) in [5, 5.41) is 5.48. The number of benzene rings is 1. The normalized spacial score (nSPS) is 12.6. The van der Waals surface area contributed by atoms with E-state index < -0.39 is 0 Å². The van der Waals surface area contributed by atoms with Crippen LogP contribution in [-0.2, 0) is 6.42 Å². The molecule has 1 aromatic carbocycles. The van der Waals surface area contributed by atoms with Crippen molar-refractivity contribution in [2.24, 2.45) is 5.84 Å². The minimum Gasteiger partial charge on any atom is -0.271 e. The van der Waals surface area contributed by atoms with Crippen LogP contribution in [0, 0.1) is 0 Å². The van der Waals surface area contributed by atoms with Crippen molar-refractivity contribution in [1.82, 2.24) is 5.43 Å². The summed E-state index contributed by atoms with van der Waals surface area (Å²) in [5.41, 5.74) is 4.94. The van der Waals surface area contributed by atoms with Crippen LogP contribution < -0.4 is 11.3 Å². The third-order valence-electron chi connectivity index (χ3n) is 2.55. The fourth-order valence-electron chi connectivity index (χ4n) is 1.68. The number of thiophene rings is 1. The van der Waals surface area contributed by atoms with E-state index in [9.17, 15) is 0 Å². The lowest BCUT2D eigenvalue weighted by molar-refractivity contribution is 0.553. The zero-order chi connectivity index (χ0) is 12.3. The summed E-state index contributed by atoms with van der Waals surface area (Å²) in [5.74, 6) is 5.59. The van der Waals surface area contributed by atoms with Crippen LogP contribution >= 0.6 is 34.5 Å². The fourth-order valence-corrected chi connectivity index (χ4v) is 2.80. The Bertz CT molecular complexity index is 485. The lowest BCUT2D eigenvalue weighted by Crippen LogP contribution is -2.29. The largest absolute Gasteiger partial charge is 0.271 e. The van der Waals surface area contributed by atoms with Gasteiger partial charge in [-0.1, -0.05) is 23.2 Å². The molecule has 1 unspecified atom stereocenters. The molecule has 1 aromatic heterocycles. The summed E-state index contributed by atoms with van der Waals surface area (Å²) in [7, 11) is 0. The van der Waals surface area contributed by atoms with Gasteiger partial charge in [0.25, 0.3) is 0 Å². The molecule has 3 N–H and O–H groups in total. The molecule has 0 aliphatic carbocycles. The summed E-state index contributed by atoms with van der Waals surface area (Å²) in [6.07, 6.45) is 0.792. The number of nitrogens with one attached hydrogen (secondary N) is 1. The van der Waals surface area contributed by atoms with Gasteiger partial charge in [0.1, 0.15) is 0 Å². The smallest absolute Gasteiger partial charge is 0.0515 e. The molecule has 0 amide bonds. The lowest BCUT2D eigenvalue weighted by Gasteiger charge is -2.17. The molecular formula is C12H12Cl2N2S. The molecule has 0 fully saturated rings. The van der Waals surface area contributed by atoms with Gasteiger partial charge in [-0.2, -0.15) is 11.3 Å². The van der Waals surface area contributed by atoms with E-state index in [-0.39, 0.29) is 6.04 Å². The maximum absolute atomic E-state index is 6.16. The van der Waals surface area contributed by atoms with E-state index in [4.69, 9.17) is 29.0 Å². The fraction of sp³-hybridized carbons (Fsp3) is 0.167. The molecule has 2 aromatic rings. The molecule has 2 rings (SSSR count). The maximum atomic E-state index is 6.16. The minimum absolute atomic E-state index is 0.0317. The van der Waals surface area contributed by atoms with Crippen LogP contribution in [0.1, 0.15) is 17.2 Å². The molecule has 1 heterocycles. The van der Waals surface area contributed by atoms with Gasteiger partial charge in [-0.25, -0.2) is 0 Å². The van der Waals surface area contributed by atoms with Crippen LogP contribution in [-0.4, -0.2) is 0 Å². The number of hydrogen-bond donors (Lipinski definition) is 2. The maximum Gasteiger partial charge on any atom is 0.0515 e. The third kappa shape index (κ3) is 3.21. The predicted molar refractivity (Wildman–Crippen MR) is 74.5 cm³/mol. The summed E-state index contributed by atoms with van der Waals surface area (Å²) in [6, 6.07) is 7.45. The molecule has 0 aliphatic heterocycles. The van der Waals surface area contributed by atoms with Gasteiger partial charge in [-0.05, 0) is 52.6 Å². The van der Waals surface area contributed by atoms with Gasteiger partial charge in [0.2, 0.25) is 0 Å². The Balaban J connectivity index is 2.25. The number of halogens is 2. The summed E-state index contributed by atoms with van der Waals surface area (Å²) < 4.78 is 0. The highest BCUT2D eigenvalue weighted by atomic mass is 35.5. The lowest BCUT2D eigenvalue weighted by atomic mass is 10.0. The van der Waals surface area contributed by atoms with Crippen molar-refractivity contribution in [2.75, 3.05) is 0 Å². The molecule has 2 nitrogen and oxygen atoms in total. The van der Waals surface area contributed by atoms with Crippen LogP contribution in [0.2, 0.25) is 10.0 Å². The van der Waals surface area contributed by atoms with Crippen LogP contribution in [0.5, 0.6) is 0 Å². The molecule has 0 radical (unpaired) electrons. The highest BCUT2D eigenvalue weighted by molar-refractivity contribution is 7.07. The van der Waals surface area contributed by atoms with Gasteiger partial charge in [-0.15, -0.1) is 0 Å². The Labute approximate surface area is 114 Å². The molecule has 0 bridgehead atoms. The molecule has 0 spiro atoms. The molecule has 0 saturated heterocycles. The van der Waals surface area contributed by atoms with Crippen molar-refractivity contribution in [3.05, 3.63) is 56.2 Å². The summed E-state index contributed by atoms with van der Waals surface area (Å²) in [4.78, 5) is 0. The number of nitrogens with two attached hydrogens (primary N) is 1. The third-order valence-corrected chi connectivity index (χ3v) is 3.87. The van der Waals surface area contributed by atoms with Gasteiger partial charge < -0.3 is 0 Å². The van der Waals surface area contributed by atoms with Crippen molar-refractivity contribution in [3.8, 4) is 0 Å².